The van der Waals surface area contributed by atoms with Gasteiger partial charge in [0.2, 0.25) is 0 Å². The minimum Gasteiger partial charge on any atom is -0.314 e. The zero-order valence-electron chi connectivity index (χ0n) is 13.8. The summed E-state index contributed by atoms with van der Waals surface area (Å²) in [5, 5.41) is 7.19. The van der Waals surface area contributed by atoms with Crippen LogP contribution in [0.2, 0.25) is 0 Å². The third kappa shape index (κ3) is 5.15. The lowest BCUT2D eigenvalue weighted by atomic mass is 9.88. The molecule has 0 amide bonds. The molecule has 3 rings (SSSR count). The normalized spacial score (nSPS) is 17.0. The molecule has 0 saturated carbocycles. The van der Waals surface area contributed by atoms with Gasteiger partial charge in [-0.05, 0) is 68.5 Å². The van der Waals surface area contributed by atoms with Gasteiger partial charge < -0.3 is 10.6 Å². The van der Waals surface area contributed by atoms with Crippen LogP contribution in [0.1, 0.15) is 36.1 Å². The van der Waals surface area contributed by atoms with Crippen molar-refractivity contribution in [1.82, 2.24) is 15.6 Å². The average Bonchev–Trinajstić information content (AvgIpc) is 2.61. The number of aromatic nitrogens is 1. The lowest BCUT2D eigenvalue weighted by Crippen LogP contribution is -2.35. The van der Waals surface area contributed by atoms with Crippen LogP contribution in [-0.2, 0) is 19.4 Å². The third-order valence-corrected chi connectivity index (χ3v) is 4.59. The predicted octanol–water partition coefficient (Wildman–Crippen LogP) is 3.10. The topological polar surface area (TPSA) is 37.0 Å². The number of fused-ring (bicyclic) bond motifs is 1. The Morgan fingerprint density at radius 1 is 0.957 bits per heavy atom. The van der Waals surface area contributed by atoms with Crippen LogP contribution in [0.3, 0.4) is 0 Å². The minimum absolute atomic E-state index is 0.659. The number of unbranched alkanes of at least 4 members (excludes halogenated alkanes) is 1. The van der Waals surface area contributed by atoms with E-state index < -0.39 is 0 Å². The zero-order chi connectivity index (χ0) is 15.7. The number of hydrogen-bond acceptors (Lipinski definition) is 3. The maximum absolute atomic E-state index is 4.32. The highest BCUT2D eigenvalue weighted by atomic mass is 14.9. The summed E-state index contributed by atoms with van der Waals surface area (Å²) in [7, 11) is 0. The van der Waals surface area contributed by atoms with Crippen molar-refractivity contribution in [3.63, 3.8) is 0 Å². The quantitative estimate of drug-likeness (QED) is 0.736. The van der Waals surface area contributed by atoms with E-state index in [2.05, 4.69) is 45.9 Å². The van der Waals surface area contributed by atoms with Crippen molar-refractivity contribution < 1.29 is 0 Å². The molecule has 0 bridgehead atoms. The van der Waals surface area contributed by atoms with Crippen molar-refractivity contribution in [2.24, 2.45) is 0 Å². The summed E-state index contributed by atoms with van der Waals surface area (Å²) >= 11 is 0. The Morgan fingerprint density at radius 2 is 1.78 bits per heavy atom. The average molecular weight is 309 g/mol. The number of benzene rings is 1. The van der Waals surface area contributed by atoms with Gasteiger partial charge in [-0.2, -0.15) is 0 Å². The van der Waals surface area contributed by atoms with Gasteiger partial charge in [-0.3, -0.25) is 4.98 Å². The van der Waals surface area contributed by atoms with E-state index >= 15 is 0 Å². The minimum atomic E-state index is 0.659. The lowest BCUT2D eigenvalue weighted by Gasteiger charge is -2.25. The van der Waals surface area contributed by atoms with Gasteiger partial charge in [-0.25, -0.2) is 0 Å². The molecule has 3 nitrogen and oxygen atoms in total. The molecule has 0 unspecified atom stereocenters. The molecule has 1 atom stereocenters. The van der Waals surface area contributed by atoms with Crippen LogP contribution in [0.4, 0.5) is 0 Å². The fraction of sp³-hybridized carbons (Fsp3) is 0.450. The van der Waals surface area contributed by atoms with Crippen LogP contribution < -0.4 is 10.6 Å². The molecule has 1 aromatic carbocycles. The number of aryl methyl sites for hydroxylation is 1. The Balaban J connectivity index is 1.25. The lowest BCUT2D eigenvalue weighted by molar-refractivity contribution is 0.448. The Bertz CT molecular complexity index is 582. The molecular weight excluding hydrogens is 282 g/mol. The fourth-order valence-corrected chi connectivity index (χ4v) is 3.27. The smallest absolute Gasteiger partial charge is 0.0541 e. The number of pyridine rings is 1. The first-order valence-electron chi connectivity index (χ1n) is 8.82. The van der Waals surface area contributed by atoms with Gasteiger partial charge in [-0.1, -0.05) is 30.3 Å². The van der Waals surface area contributed by atoms with Crippen LogP contribution >= 0.6 is 0 Å². The van der Waals surface area contributed by atoms with E-state index in [1.807, 2.05) is 18.3 Å². The van der Waals surface area contributed by atoms with Gasteiger partial charge in [-0.15, -0.1) is 0 Å². The van der Waals surface area contributed by atoms with Gasteiger partial charge in [0.05, 0.1) is 5.69 Å². The van der Waals surface area contributed by atoms with Crippen molar-refractivity contribution >= 4 is 0 Å². The molecule has 0 fully saturated rings. The first-order chi connectivity index (χ1) is 11.4. The molecule has 0 aliphatic heterocycles. The van der Waals surface area contributed by atoms with E-state index in [0.29, 0.717) is 6.04 Å². The Labute approximate surface area is 139 Å². The molecule has 0 saturated heterocycles. The Hall–Kier alpha value is -1.71. The van der Waals surface area contributed by atoms with Gasteiger partial charge in [0.1, 0.15) is 0 Å². The van der Waals surface area contributed by atoms with Gasteiger partial charge in [0.15, 0.2) is 0 Å². The van der Waals surface area contributed by atoms with Crippen molar-refractivity contribution in [1.29, 1.82) is 0 Å². The number of hydrogen-bond donors (Lipinski definition) is 2. The summed E-state index contributed by atoms with van der Waals surface area (Å²) in [5.74, 6) is 0. The monoisotopic (exact) mass is 309 g/mol. The standard InChI is InChI=1S/C20H27N3/c1-2-8-18-15-19(11-10-17(18)7-1)22-14-6-5-12-21-16-20-9-3-4-13-23-20/h1-4,7-9,13,19,21-22H,5-6,10-12,14-16H2/t19-/m1/s1. The van der Waals surface area contributed by atoms with Crippen molar-refractivity contribution in [3.8, 4) is 0 Å². The molecule has 3 heteroatoms. The molecule has 2 aromatic rings. The first-order valence-corrected chi connectivity index (χ1v) is 8.82. The number of rotatable bonds is 8. The molecule has 1 aliphatic carbocycles. The van der Waals surface area contributed by atoms with Crippen LogP contribution in [0.5, 0.6) is 0 Å². The SMILES string of the molecule is c1ccc(CNCCCCN[C@@H]2CCc3ccccc3C2)nc1. The maximum Gasteiger partial charge on any atom is 0.0541 e. The van der Waals surface area contributed by atoms with Crippen LogP contribution in [-0.4, -0.2) is 24.1 Å². The molecule has 1 aliphatic rings. The highest BCUT2D eigenvalue weighted by Gasteiger charge is 2.16. The van der Waals surface area contributed by atoms with E-state index in [4.69, 9.17) is 0 Å². The summed E-state index contributed by atoms with van der Waals surface area (Å²) < 4.78 is 0. The van der Waals surface area contributed by atoms with E-state index in [1.54, 1.807) is 5.56 Å². The molecule has 1 heterocycles. The summed E-state index contributed by atoms with van der Waals surface area (Å²) in [6.45, 7) is 3.05. The number of nitrogens with zero attached hydrogens (tertiary/aromatic N) is 1. The van der Waals surface area contributed by atoms with Crippen LogP contribution in [0.15, 0.2) is 48.7 Å². The summed E-state index contributed by atoms with van der Waals surface area (Å²) in [6.07, 6.45) is 7.97. The second kappa shape index (κ2) is 8.80. The van der Waals surface area contributed by atoms with E-state index in [0.717, 1.165) is 25.3 Å². The fourth-order valence-electron chi connectivity index (χ4n) is 3.27. The van der Waals surface area contributed by atoms with E-state index in [-0.39, 0.29) is 0 Å². The number of nitrogens with one attached hydrogen (secondary N) is 2. The zero-order valence-corrected chi connectivity index (χ0v) is 13.8. The highest BCUT2D eigenvalue weighted by molar-refractivity contribution is 5.30. The van der Waals surface area contributed by atoms with Crippen LogP contribution in [0.25, 0.3) is 0 Å². The van der Waals surface area contributed by atoms with Gasteiger partial charge in [0, 0.05) is 18.8 Å². The molecule has 2 N–H and O–H groups in total. The molecule has 1 aromatic heterocycles. The Morgan fingerprint density at radius 3 is 2.65 bits per heavy atom. The van der Waals surface area contributed by atoms with Crippen molar-refractivity contribution in [2.75, 3.05) is 13.1 Å². The molecule has 0 spiro atoms. The van der Waals surface area contributed by atoms with Crippen molar-refractivity contribution in [3.05, 3.63) is 65.5 Å². The van der Waals surface area contributed by atoms with E-state index in [9.17, 15) is 0 Å². The van der Waals surface area contributed by atoms with Crippen molar-refractivity contribution in [2.45, 2.75) is 44.7 Å². The molecular formula is C20H27N3. The van der Waals surface area contributed by atoms with E-state index in [1.165, 1.54) is 37.7 Å². The Kier molecular flexibility index (Phi) is 6.18. The highest BCUT2D eigenvalue weighted by Crippen LogP contribution is 2.20. The molecule has 122 valence electrons. The second-order valence-corrected chi connectivity index (χ2v) is 6.37. The van der Waals surface area contributed by atoms with Gasteiger partial charge in [0.25, 0.3) is 0 Å². The molecule has 0 radical (unpaired) electrons. The third-order valence-electron chi connectivity index (χ3n) is 4.59. The first kappa shape index (κ1) is 16.2. The predicted molar refractivity (Wildman–Crippen MR) is 95.4 cm³/mol. The largest absolute Gasteiger partial charge is 0.314 e. The summed E-state index contributed by atoms with van der Waals surface area (Å²) in [5.41, 5.74) is 4.20. The molecule has 23 heavy (non-hydrogen) atoms. The maximum atomic E-state index is 4.32. The van der Waals surface area contributed by atoms with Gasteiger partial charge >= 0.3 is 0 Å². The summed E-state index contributed by atoms with van der Waals surface area (Å²) in [6, 6.07) is 15.6. The van der Waals surface area contributed by atoms with Crippen LogP contribution in [0, 0.1) is 0 Å². The second-order valence-electron chi connectivity index (χ2n) is 6.37. The summed E-state index contributed by atoms with van der Waals surface area (Å²) in [4.78, 5) is 4.32.